The molecule has 0 aliphatic carbocycles. The van der Waals surface area contributed by atoms with E-state index < -0.39 is 11.8 Å². The molecule has 23 heavy (non-hydrogen) atoms. The van der Waals surface area contributed by atoms with Crippen LogP contribution in [-0.4, -0.2) is 30.8 Å². The summed E-state index contributed by atoms with van der Waals surface area (Å²) in [4.78, 5) is 19.7. The first-order valence-corrected chi connectivity index (χ1v) is 6.87. The van der Waals surface area contributed by atoms with Crippen LogP contribution >= 0.6 is 0 Å². The molecule has 0 saturated heterocycles. The zero-order valence-corrected chi connectivity index (χ0v) is 12.5. The van der Waals surface area contributed by atoms with Gasteiger partial charge in [-0.2, -0.15) is 5.10 Å². The lowest BCUT2D eigenvalue weighted by molar-refractivity contribution is 0.0690. The van der Waals surface area contributed by atoms with E-state index in [-0.39, 0.29) is 17.1 Å². The van der Waals surface area contributed by atoms with Crippen LogP contribution < -0.4 is 0 Å². The Bertz CT molecular complexity index is 905. The highest BCUT2D eigenvalue weighted by molar-refractivity contribution is 5.85. The summed E-state index contributed by atoms with van der Waals surface area (Å²) in [5.74, 6) is -0.897. The van der Waals surface area contributed by atoms with Crippen molar-refractivity contribution in [2.24, 2.45) is 0 Å². The average Bonchev–Trinajstić information content (AvgIpc) is 3.00. The minimum absolute atomic E-state index is 0.0897. The standard InChI is InChI=1S/C16H13FN4O2/c1-9-10(2)18-14(11-5-3-4-6-12(11)17)19-15(9)21-8-7-13(20-21)16(22)23/h3-8H,1-2H3,(H,22,23). The van der Waals surface area contributed by atoms with Crippen LogP contribution in [0.3, 0.4) is 0 Å². The Hall–Kier alpha value is -3.09. The van der Waals surface area contributed by atoms with Crippen molar-refractivity contribution in [3.8, 4) is 17.2 Å². The Morgan fingerprint density at radius 3 is 2.57 bits per heavy atom. The van der Waals surface area contributed by atoms with Crippen molar-refractivity contribution in [3.63, 3.8) is 0 Å². The van der Waals surface area contributed by atoms with Crippen LogP contribution in [0.2, 0.25) is 0 Å². The number of carboxylic acid groups (broad SMARTS) is 1. The lowest BCUT2D eigenvalue weighted by Crippen LogP contribution is -2.08. The first-order valence-electron chi connectivity index (χ1n) is 6.87. The molecule has 0 spiro atoms. The number of carbonyl (C=O) groups is 1. The number of aryl methyl sites for hydroxylation is 1. The van der Waals surface area contributed by atoms with E-state index in [1.807, 2.05) is 0 Å². The van der Waals surface area contributed by atoms with E-state index in [0.29, 0.717) is 11.5 Å². The van der Waals surface area contributed by atoms with E-state index in [4.69, 9.17) is 5.11 Å². The van der Waals surface area contributed by atoms with E-state index in [2.05, 4.69) is 15.1 Å². The lowest BCUT2D eigenvalue weighted by Gasteiger charge is -2.10. The van der Waals surface area contributed by atoms with Crippen molar-refractivity contribution in [1.29, 1.82) is 0 Å². The third kappa shape index (κ3) is 2.68. The fourth-order valence-corrected chi connectivity index (χ4v) is 2.16. The molecule has 0 amide bonds. The third-order valence-electron chi connectivity index (χ3n) is 3.50. The van der Waals surface area contributed by atoms with Crippen LogP contribution in [0, 0.1) is 19.7 Å². The van der Waals surface area contributed by atoms with Gasteiger partial charge < -0.3 is 5.11 Å². The van der Waals surface area contributed by atoms with Crippen molar-refractivity contribution >= 4 is 5.97 Å². The van der Waals surface area contributed by atoms with Crippen LogP contribution in [0.25, 0.3) is 17.2 Å². The smallest absolute Gasteiger partial charge is 0.356 e. The number of aromatic carboxylic acids is 1. The second kappa shape index (κ2) is 5.60. The Morgan fingerprint density at radius 2 is 1.91 bits per heavy atom. The van der Waals surface area contributed by atoms with E-state index in [0.717, 1.165) is 5.56 Å². The van der Waals surface area contributed by atoms with Gasteiger partial charge in [0.25, 0.3) is 0 Å². The predicted molar refractivity (Wildman–Crippen MR) is 81.0 cm³/mol. The summed E-state index contributed by atoms with van der Waals surface area (Å²) in [7, 11) is 0. The molecule has 0 unspecified atom stereocenters. The topological polar surface area (TPSA) is 80.9 Å². The van der Waals surface area contributed by atoms with E-state index in [1.165, 1.54) is 23.0 Å². The van der Waals surface area contributed by atoms with Crippen molar-refractivity contribution in [1.82, 2.24) is 19.7 Å². The largest absolute Gasteiger partial charge is 0.476 e. The first kappa shape index (κ1) is 14.8. The minimum Gasteiger partial charge on any atom is -0.476 e. The molecule has 3 rings (SSSR count). The van der Waals surface area contributed by atoms with Gasteiger partial charge in [0.2, 0.25) is 0 Å². The molecule has 2 aromatic heterocycles. The highest BCUT2D eigenvalue weighted by atomic mass is 19.1. The fraction of sp³-hybridized carbons (Fsp3) is 0.125. The van der Waals surface area contributed by atoms with Crippen molar-refractivity contribution in [2.45, 2.75) is 13.8 Å². The Morgan fingerprint density at radius 1 is 1.17 bits per heavy atom. The highest BCUT2D eigenvalue weighted by Crippen LogP contribution is 2.23. The molecule has 3 aromatic rings. The molecular weight excluding hydrogens is 299 g/mol. The Labute approximate surface area is 131 Å². The van der Waals surface area contributed by atoms with Crippen molar-refractivity contribution < 1.29 is 14.3 Å². The number of nitrogens with zero attached hydrogens (tertiary/aromatic N) is 4. The van der Waals surface area contributed by atoms with Gasteiger partial charge >= 0.3 is 5.97 Å². The van der Waals surface area contributed by atoms with Crippen LogP contribution in [0.4, 0.5) is 4.39 Å². The van der Waals surface area contributed by atoms with Crippen LogP contribution in [0.5, 0.6) is 0 Å². The van der Waals surface area contributed by atoms with Gasteiger partial charge in [-0.15, -0.1) is 0 Å². The fourth-order valence-electron chi connectivity index (χ4n) is 2.16. The van der Waals surface area contributed by atoms with E-state index in [9.17, 15) is 9.18 Å². The molecule has 1 N–H and O–H groups in total. The minimum atomic E-state index is -1.12. The maximum atomic E-state index is 14.0. The zero-order valence-electron chi connectivity index (χ0n) is 12.5. The molecule has 0 aliphatic heterocycles. The number of halogens is 1. The van der Waals surface area contributed by atoms with Gasteiger partial charge in [0.15, 0.2) is 17.3 Å². The molecule has 0 fully saturated rings. The SMILES string of the molecule is Cc1nc(-c2ccccc2F)nc(-n2ccc(C(=O)O)n2)c1C. The second-order valence-corrected chi connectivity index (χ2v) is 5.01. The first-order chi connectivity index (χ1) is 11.0. The van der Waals surface area contributed by atoms with Crippen LogP contribution in [0.15, 0.2) is 36.5 Å². The summed E-state index contributed by atoms with van der Waals surface area (Å²) < 4.78 is 15.3. The lowest BCUT2D eigenvalue weighted by atomic mass is 10.1. The summed E-state index contributed by atoms with van der Waals surface area (Å²) in [6.45, 7) is 3.59. The summed E-state index contributed by atoms with van der Waals surface area (Å²) in [6.07, 6.45) is 1.50. The normalized spacial score (nSPS) is 10.7. The van der Waals surface area contributed by atoms with Gasteiger partial charge in [-0.25, -0.2) is 23.8 Å². The maximum absolute atomic E-state index is 14.0. The predicted octanol–water partition coefficient (Wildman–Crippen LogP) is 2.78. The highest BCUT2D eigenvalue weighted by Gasteiger charge is 2.16. The molecule has 1 aromatic carbocycles. The molecule has 116 valence electrons. The van der Waals surface area contributed by atoms with Crippen molar-refractivity contribution in [2.75, 3.05) is 0 Å². The number of hydrogen-bond acceptors (Lipinski definition) is 4. The van der Waals surface area contributed by atoms with Crippen LogP contribution in [0.1, 0.15) is 21.7 Å². The zero-order chi connectivity index (χ0) is 16.6. The van der Waals surface area contributed by atoms with Crippen molar-refractivity contribution in [3.05, 3.63) is 59.3 Å². The Kier molecular flexibility index (Phi) is 3.61. The number of aromatic nitrogens is 4. The van der Waals surface area contributed by atoms with Gasteiger partial charge in [0, 0.05) is 17.5 Å². The molecule has 0 saturated carbocycles. The maximum Gasteiger partial charge on any atom is 0.356 e. The third-order valence-corrected chi connectivity index (χ3v) is 3.50. The van der Waals surface area contributed by atoms with Crippen LogP contribution in [-0.2, 0) is 0 Å². The number of rotatable bonds is 3. The molecule has 0 bridgehead atoms. The number of benzene rings is 1. The van der Waals surface area contributed by atoms with Gasteiger partial charge in [0.05, 0.1) is 5.56 Å². The quantitative estimate of drug-likeness (QED) is 0.804. The summed E-state index contributed by atoms with van der Waals surface area (Å²) in [6, 6.07) is 7.60. The molecule has 0 aliphatic rings. The average molecular weight is 312 g/mol. The molecular formula is C16H13FN4O2. The molecule has 0 atom stereocenters. The monoisotopic (exact) mass is 312 g/mol. The Balaban J connectivity index is 2.17. The molecule has 7 heteroatoms. The molecule has 0 radical (unpaired) electrons. The van der Waals surface area contributed by atoms with Gasteiger partial charge in [0.1, 0.15) is 5.82 Å². The van der Waals surface area contributed by atoms with E-state index in [1.54, 1.807) is 32.0 Å². The second-order valence-electron chi connectivity index (χ2n) is 5.01. The van der Waals surface area contributed by atoms with E-state index >= 15 is 0 Å². The number of hydrogen-bond donors (Lipinski definition) is 1. The summed E-state index contributed by atoms with van der Waals surface area (Å²) >= 11 is 0. The van der Waals surface area contributed by atoms with Gasteiger partial charge in [-0.3, -0.25) is 0 Å². The summed E-state index contributed by atoms with van der Waals surface area (Å²) in [5, 5.41) is 13.0. The molecule has 2 heterocycles. The molecule has 6 nitrogen and oxygen atoms in total. The number of carboxylic acids is 1. The van der Waals surface area contributed by atoms with Gasteiger partial charge in [-0.05, 0) is 32.0 Å². The van der Waals surface area contributed by atoms with Gasteiger partial charge in [-0.1, -0.05) is 12.1 Å². The summed E-state index contributed by atoms with van der Waals surface area (Å²) in [5.41, 5.74) is 1.60.